The molecule has 0 bridgehead atoms. The van der Waals surface area contributed by atoms with Crippen LogP contribution >= 0.6 is 0 Å². The third kappa shape index (κ3) is 6.72. The van der Waals surface area contributed by atoms with Crippen molar-refractivity contribution in [3.63, 3.8) is 0 Å². The molecule has 0 aromatic heterocycles. The minimum Gasteiger partial charge on any atom is -0.480 e. The van der Waals surface area contributed by atoms with Gasteiger partial charge in [0.1, 0.15) is 12.1 Å². The molecule has 1 saturated heterocycles. The second kappa shape index (κ2) is 11.4. The number of aliphatic imine (C=N–C) groups is 1. The van der Waals surface area contributed by atoms with E-state index in [0.717, 1.165) is 24.0 Å². The summed E-state index contributed by atoms with van der Waals surface area (Å²) in [6.45, 7) is 4.59. The number of carbonyl (C=O) groups is 2. The second-order valence-electron chi connectivity index (χ2n) is 9.88. The molecule has 1 aromatic rings. The monoisotopic (exact) mass is 507 g/mol. The van der Waals surface area contributed by atoms with Gasteiger partial charge in [0.05, 0.1) is 4.90 Å². The summed E-state index contributed by atoms with van der Waals surface area (Å²) in [5, 5.41) is 9.72. The Balaban J connectivity index is 1.88. The van der Waals surface area contributed by atoms with E-state index in [9.17, 15) is 23.1 Å². The van der Waals surface area contributed by atoms with Crippen LogP contribution in [-0.4, -0.2) is 61.4 Å². The van der Waals surface area contributed by atoms with Crippen LogP contribution in [0.2, 0.25) is 0 Å². The van der Waals surface area contributed by atoms with Crippen LogP contribution in [0.5, 0.6) is 0 Å². The lowest BCUT2D eigenvalue weighted by Gasteiger charge is -2.38. The van der Waals surface area contributed by atoms with Crippen molar-refractivity contribution in [3.8, 4) is 0 Å². The number of nitrogens with zero attached hydrogens (tertiary/aromatic N) is 2. The van der Waals surface area contributed by atoms with Gasteiger partial charge >= 0.3 is 5.97 Å². The normalized spacial score (nSPS) is 23.3. The van der Waals surface area contributed by atoms with E-state index < -0.39 is 34.0 Å². The fraction of sp³-hybridized carbons (Fsp3) is 0.625. The van der Waals surface area contributed by atoms with Crippen molar-refractivity contribution in [2.24, 2.45) is 28.3 Å². The first kappa shape index (κ1) is 26.9. The molecule has 0 radical (unpaired) electrons. The third-order valence-electron chi connectivity index (χ3n) is 6.95. The summed E-state index contributed by atoms with van der Waals surface area (Å²) in [6, 6.07) is 3.15. The van der Waals surface area contributed by atoms with Gasteiger partial charge < -0.3 is 21.5 Å². The third-order valence-corrected chi connectivity index (χ3v) is 8.51. The molecule has 4 atom stereocenters. The zero-order chi connectivity index (χ0) is 25.8. The Bertz CT molecular complexity index is 1070. The maximum absolute atomic E-state index is 13.5. The molecular formula is C24H37N5O5S. The average molecular weight is 508 g/mol. The molecule has 10 nitrogen and oxygen atoms in total. The highest BCUT2D eigenvalue weighted by molar-refractivity contribution is 7.89. The summed E-state index contributed by atoms with van der Waals surface area (Å²) in [5.74, 6) is -1.06. The Labute approximate surface area is 207 Å². The van der Waals surface area contributed by atoms with Crippen molar-refractivity contribution in [1.82, 2.24) is 9.62 Å². The Morgan fingerprint density at radius 3 is 2.66 bits per heavy atom. The van der Waals surface area contributed by atoms with Crippen molar-refractivity contribution in [2.45, 2.75) is 75.8 Å². The Morgan fingerprint density at radius 1 is 1.23 bits per heavy atom. The molecule has 0 saturated carbocycles. The molecule has 1 aliphatic carbocycles. The van der Waals surface area contributed by atoms with Crippen LogP contribution in [0.4, 0.5) is 0 Å². The SMILES string of the molecule is CC1CCc2c(cccc2S(=O)(=O)N[C@@H](CCCN=C(N)N)C(=O)N2CC[C@@H](C)C[C@@H]2C(=O)O)C1. The van der Waals surface area contributed by atoms with Crippen LogP contribution in [0.25, 0.3) is 0 Å². The lowest BCUT2D eigenvalue weighted by atomic mass is 9.85. The smallest absolute Gasteiger partial charge is 0.326 e. The van der Waals surface area contributed by atoms with E-state index in [1.165, 1.54) is 4.90 Å². The first-order chi connectivity index (χ1) is 16.5. The molecule has 6 N–H and O–H groups in total. The average Bonchev–Trinajstić information content (AvgIpc) is 2.79. The zero-order valence-electron chi connectivity index (χ0n) is 20.4. The van der Waals surface area contributed by atoms with E-state index in [1.54, 1.807) is 12.1 Å². The van der Waals surface area contributed by atoms with Gasteiger partial charge in [-0.1, -0.05) is 26.0 Å². The standard InChI is InChI=1S/C24H37N5O5S/c1-15-8-9-18-17(13-15)5-3-7-21(18)35(33,34)28-19(6-4-11-27-24(25)26)22(30)29-12-10-16(2)14-20(29)23(31)32/h3,5,7,15-16,19-20,28H,4,6,8-14H2,1-2H3,(H,31,32)(H4,25,26,27)/t15?,16-,19+,20-/m1/s1. The van der Waals surface area contributed by atoms with Gasteiger partial charge in [-0.3, -0.25) is 9.79 Å². The molecule has 1 amide bonds. The minimum absolute atomic E-state index is 0.0884. The number of amides is 1. The fourth-order valence-corrected chi connectivity index (χ4v) is 6.57. The van der Waals surface area contributed by atoms with E-state index in [1.807, 2.05) is 13.0 Å². The van der Waals surface area contributed by atoms with Gasteiger partial charge in [-0.15, -0.1) is 0 Å². The van der Waals surface area contributed by atoms with Gasteiger partial charge in [-0.25, -0.2) is 13.2 Å². The molecule has 2 aliphatic rings. The fourth-order valence-electron chi connectivity index (χ4n) is 5.03. The lowest BCUT2D eigenvalue weighted by Crippen LogP contribution is -2.56. The number of hydrogen-bond donors (Lipinski definition) is 4. The summed E-state index contributed by atoms with van der Waals surface area (Å²) in [6.07, 6.45) is 3.84. The number of carboxylic acid groups (broad SMARTS) is 1. The summed E-state index contributed by atoms with van der Waals surface area (Å²) in [4.78, 5) is 30.8. The number of piperidine rings is 1. The van der Waals surface area contributed by atoms with Crippen LogP contribution in [0.1, 0.15) is 57.1 Å². The van der Waals surface area contributed by atoms with Crippen molar-refractivity contribution in [2.75, 3.05) is 13.1 Å². The number of sulfonamides is 1. The number of aliphatic carboxylic acids is 1. The van der Waals surface area contributed by atoms with Crippen LogP contribution in [0.15, 0.2) is 28.1 Å². The molecule has 1 heterocycles. The van der Waals surface area contributed by atoms with Gasteiger partial charge in [0.15, 0.2) is 5.96 Å². The number of carbonyl (C=O) groups excluding carboxylic acids is 1. The quantitative estimate of drug-likeness (QED) is 0.221. The predicted octanol–water partition coefficient (Wildman–Crippen LogP) is 1.22. The van der Waals surface area contributed by atoms with Crippen molar-refractivity contribution >= 4 is 27.9 Å². The zero-order valence-corrected chi connectivity index (χ0v) is 21.3. The Hall–Kier alpha value is -2.66. The molecule has 11 heteroatoms. The minimum atomic E-state index is -4.03. The van der Waals surface area contributed by atoms with Gasteiger partial charge in [-0.2, -0.15) is 4.72 Å². The van der Waals surface area contributed by atoms with Crippen molar-refractivity contribution in [3.05, 3.63) is 29.3 Å². The van der Waals surface area contributed by atoms with Crippen LogP contribution in [-0.2, 0) is 32.5 Å². The highest BCUT2D eigenvalue weighted by Gasteiger charge is 2.39. The summed E-state index contributed by atoms with van der Waals surface area (Å²) >= 11 is 0. The number of hydrogen-bond acceptors (Lipinski definition) is 5. The first-order valence-corrected chi connectivity index (χ1v) is 13.7. The first-order valence-electron chi connectivity index (χ1n) is 12.2. The maximum atomic E-state index is 13.5. The molecule has 1 aliphatic heterocycles. The lowest BCUT2D eigenvalue weighted by molar-refractivity contribution is -0.153. The number of guanidine groups is 1. The number of nitrogens with one attached hydrogen (secondary N) is 1. The number of rotatable bonds is 9. The molecule has 0 spiro atoms. The molecule has 1 aromatic carbocycles. The molecule has 3 rings (SSSR count). The van der Waals surface area contributed by atoms with Gasteiger partial charge in [0.25, 0.3) is 0 Å². The summed E-state index contributed by atoms with van der Waals surface area (Å²) < 4.78 is 29.7. The maximum Gasteiger partial charge on any atom is 0.326 e. The number of likely N-dealkylation sites (tertiary alicyclic amines) is 1. The molecule has 194 valence electrons. The molecule has 1 fully saturated rings. The second-order valence-corrected chi connectivity index (χ2v) is 11.6. The van der Waals surface area contributed by atoms with Crippen molar-refractivity contribution < 1.29 is 23.1 Å². The highest BCUT2D eigenvalue weighted by Crippen LogP contribution is 2.31. The van der Waals surface area contributed by atoms with E-state index in [2.05, 4.69) is 16.6 Å². The number of benzene rings is 1. The van der Waals surface area contributed by atoms with Gasteiger partial charge in [0, 0.05) is 13.1 Å². The van der Waals surface area contributed by atoms with Crippen LogP contribution in [0, 0.1) is 11.8 Å². The van der Waals surface area contributed by atoms with Crippen LogP contribution in [0.3, 0.4) is 0 Å². The van der Waals surface area contributed by atoms with Gasteiger partial charge in [-0.05, 0) is 74.0 Å². The summed E-state index contributed by atoms with van der Waals surface area (Å²) in [5.41, 5.74) is 12.6. The van der Waals surface area contributed by atoms with E-state index in [4.69, 9.17) is 11.5 Å². The number of nitrogens with two attached hydrogens (primary N) is 2. The number of fused-ring (bicyclic) bond motifs is 1. The van der Waals surface area contributed by atoms with E-state index in [0.29, 0.717) is 31.6 Å². The predicted molar refractivity (Wildman–Crippen MR) is 133 cm³/mol. The van der Waals surface area contributed by atoms with Gasteiger partial charge in [0.2, 0.25) is 15.9 Å². The Kier molecular flexibility index (Phi) is 8.76. The largest absolute Gasteiger partial charge is 0.480 e. The number of carboxylic acids is 1. The highest BCUT2D eigenvalue weighted by atomic mass is 32.2. The van der Waals surface area contributed by atoms with E-state index in [-0.39, 0.29) is 36.3 Å². The summed E-state index contributed by atoms with van der Waals surface area (Å²) in [7, 11) is -4.03. The Morgan fingerprint density at radius 2 is 1.97 bits per heavy atom. The molecule has 1 unspecified atom stereocenters. The van der Waals surface area contributed by atoms with Crippen LogP contribution < -0.4 is 16.2 Å². The van der Waals surface area contributed by atoms with Crippen molar-refractivity contribution in [1.29, 1.82) is 0 Å². The molecule has 35 heavy (non-hydrogen) atoms. The topological polar surface area (TPSA) is 168 Å². The molecular weight excluding hydrogens is 470 g/mol. The van der Waals surface area contributed by atoms with E-state index >= 15 is 0 Å².